The Labute approximate surface area is 145 Å². The van der Waals surface area contributed by atoms with Crippen LogP contribution in [0.5, 0.6) is 0 Å². The number of carbonyl (C=O) groups excluding carboxylic acids is 1. The van der Waals surface area contributed by atoms with Crippen molar-refractivity contribution in [2.75, 3.05) is 18.0 Å². The zero-order valence-corrected chi connectivity index (χ0v) is 15.6. The molecule has 1 aromatic rings. The largest absolute Gasteiger partial charge is 0.368 e. The average molecular weight is 385 g/mol. The van der Waals surface area contributed by atoms with Gasteiger partial charge in [-0.1, -0.05) is 13.3 Å². The van der Waals surface area contributed by atoms with Gasteiger partial charge in [0.2, 0.25) is 5.91 Å². The van der Waals surface area contributed by atoms with Crippen LogP contribution < -0.4 is 15.8 Å². The van der Waals surface area contributed by atoms with E-state index >= 15 is 0 Å². The van der Waals surface area contributed by atoms with Gasteiger partial charge in [0.15, 0.2) is 0 Å². The van der Waals surface area contributed by atoms with Crippen molar-refractivity contribution in [3.63, 3.8) is 0 Å². The van der Waals surface area contributed by atoms with Gasteiger partial charge in [0.05, 0.1) is 17.8 Å². The monoisotopic (exact) mass is 384 g/mol. The lowest BCUT2D eigenvalue weighted by Crippen LogP contribution is -2.45. The highest BCUT2D eigenvalue weighted by molar-refractivity contribution is 9.10. The zero-order valence-electron chi connectivity index (χ0n) is 14.0. The highest BCUT2D eigenvalue weighted by Crippen LogP contribution is 2.27. The second kappa shape index (κ2) is 7.95. The molecule has 2 atom stereocenters. The quantitative estimate of drug-likeness (QED) is 0.843. The highest BCUT2D eigenvalue weighted by atomic mass is 79.9. The Bertz CT molecular complexity index is 617. The third-order valence-corrected chi connectivity index (χ3v) is 5.05. The molecule has 0 saturated carbocycles. The molecule has 6 nitrogen and oxygen atoms in total. The van der Waals surface area contributed by atoms with Gasteiger partial charge < -0.3 is 10.2 Å². The molecule has 23 heavy (non-hydrogen) atoms. The van der Waals surface area contributed by atoms with Gasteiger partial charge in [-0.15, -0.1) is 0 Å². The van der Waals surface area contributed by atoms with E-state index in [0.29, 0.717) is 11.0 Å². The van der Waals surface area contributed by atoms with Gasteiger partial charge in [0.1, 0.15) is 4.47 Å². The molecule has 0 aliphatic carbocycles. The number of rotatable bonds is 5. The van der Waals surface area contributed by atoms with E-state index in [1.165, 1.54) is 4.68 Å². The molecule has 0 bridgehead atoms. The topological polar surface area (TPSA) is 67.2 Å². The summed E-state index contributed by atoms with van der Waals surface area (Å²) in [6, 6.07) is 0.209. The molecular formula is C16H25BrN4O2. The lowest BCUT2D eigenvalue weighted by molar-refractivity contribution is -0.125. The summed E-state index contributed by atoms with van der Waals surface area (Å²) in [7, 11) is 1.62. The van der Waals surface area contributed by atoms with Crippen molar-refractivity contribution in [3.05, 3.63) is 21.0 Å². The molecule has 2 unspecified atom stereocenters. The van der Waals surface area contributed by atoms with Gasteiger partial charge >= 0.3 is 0 Å². The summed E-state index contributed by atoms with van der Waals surface area (Å²) < 4.78 is 1.81. The van der Waals surface area contributed by atoms with Crippen molar-refractivity contribution in [1.29, 1.82) is 0 Å². The minimum Gasteiger partial charge on any atom is -0.368 e. The van der Waals surface area contributed by atoms with Crippen LogP contribution in [0.25, 0.3) is 0 Å². The number of amides is 1. The molecule has 2 rings (SSSR count). The van der Waals surface area contributed by atoms with Crippen LogP contribution in [0.1, 0.15) is 39.5 Å². The van der Waals surface area contributed by atoms with Gasteiger partial charge in [0, 0.05) is 26.2 Å². The van der Waals surface area contributed by atoms with Crippen molar-refractivity contribution in [3.8, 4) is 0 Å². The summed E-state index contributed by atoms with van der Waals surface area (Å²) in [5.41, 5.74) is 0.609. The number of aryl methyl sites for hydroxylation is 1. The van der Waals surface area contributed by atoms with Gasteiger partial charge in [-0.3, -0.25) is 9.59 Å². The Morgan fingerprint density at radius 2 is 2.30 bits per heavy atom. The number of anilines is 1. The lowest BCUT2D eigenvalue weighted by atomic mass is 9.96. The van der Waals surface area contributed by atoms with Gasteiger partial charge in [-0.05, 0) is 42.1 Å². The van der Waals surface area contributed by atoms with Crippen LogP contribution in [-0.2, 0) is 11.8 Å². The molecule has 1 fully saturated rings. The van der Waals surface area contributed by atoms with Crippen molar-refractivity contribution in [2.24, 2.45) is 13.0 Å². The summed E-state index contributed by atoms with van der Waals surface area (Å²) in [5.74, 6) is 0.0718. The number of hydrogen-bond donors (Lipinski definition) is 1. The number of nitrogens with zero attached hydrogens (tertiary/aromatic N) is 3. The Hall–Kier alpha value is -1.37. The normalized spacial score (nSPS) is 19.5. The first-order valence-electron chi connectivity index (χ1n) is 8.21. The predicted octanol–water partition coefficient (Wildman–Crippen LogP) is 2.06. The van der Waals surface area contributed by atoms with Crippen molar-refractivity contribution in [1.82, 2.24) is 15.1 Å². The molecular weight excluding hydrogens is 360 g/mol. The third kappa shape index (κ3) is 4.34. The van der Waals surface area contributed by atoms with E-state index in [1.54, 1.807) is 13.2 Å². The summed E-state index contributed by atoms with van der Waals surface area (Å²) in [6.07, 6.45) is 5.56. The zero-order chi connectivity index (χ0) is 17.0. The molecule has 2 heterocycles. The number of piperidine rings is 1. The second-order valence-corrected chi connectivity index (χ2v) is 7.05. The first-order valence-corrected chi connectivity index (χ1v) is 9.00. The maximum Gasteiger partial charge on any atom is 0.282 e. The standard InChI is InChI=1S/C16H25BrN4O2/c1-4-6-11(2)19-15(22)12-7-5-8-21(10-12)13-9-18-20(3)16(23)14(13)17/h9,11-12H,4-8,10H2,1-3H3,(H,19,22). The van der Waals surface area contributed by atoms with E-state index in [4.69, 9.17) is 0 Å². The molecule has 1 amide bonds. The fourth-order valence-electron chi connectivity index (χ4n) is 3.00. The number of aromatic nitrogens is 2. The van der Waals surface area contributed by atoms with E-state index in [0.717, 1.165) is 37.9 Å². The molecule has 1 aromatic heterocycles. The van der Waals surface area contributed by atoms with Gasteiger partial charge in [0.25, 0.3) is 5.56 Å². The highest BCUT2D eigenvalue weighted by Gasteiger charge is 2.28. The van der Waals surface area contributed by atoms with E-state index in [9.17, 15) is 9.59 Å². The molecule has 0 spiro atoms. The first-order chi connectivity index (χ1) is 10.9. The molecule has 128 valence electrons. The Kier molecular flexibility index (Phi) is 6.21. The van der Waals surface area contributed by atoms with E-state index in [-0.39, 0.29) is 23.4 Å². The van der Waals surface area contributed by atoms with E-state index in [2.05, 4.69) is 38.2 Å². The molecule has 0 aromatic carbocycles. The van der Waals surface area contributed by atoms with Crippen LogP contribution in [-0.4, -0.2) is 34.8 Å². The SMILES string of the molecule is CCCC(C)NC(=O)C1CCCN(c2cnn(C)c(=O)c2Br)C1. The fraction of sp³-hybridized carbons (Fsp3) is 0.688. The summed E-state index contributed by atoms with van der Waals surface area (Å²) in [4.78, 5) is 26.5. The first kappa shape index (κ1) is 18.0. The van der Waals surface area contributed by atoms with Gasteiger partial charge in [-0.2, -0.15) is 5.10 Å². The maximum atomic E-state index is 12.4. The van der Waals surface area contributed by atoms with E-state index in [1.807, 2.05) is 6.92 Å². The Morgan fingerprint density at radius 1 is 1.57 bits per heavy atom. The number of hydrogen-bond acceptors (Lipinski definition) is 4. The average Bonchev–Trinajstić information content (AvgIpc) is 2.53. The van der Waals surface area contributed by atoms with Crippen molar-refractivity contribution < 1.29 is 4.79 Å². The number of nitrogens with one attached hydrogen (secondary N) is 1. The number of carbonyl (C=O) groups is 1. The van der Waals surface area contributed by atoms with Crippen LogP contribution in [0.4, 0.5) is 5.69 Å². The second-order valence-electron chi connectivity index (χ2n) is 6.26. The van der Waals surface area contributed by atoms with Crippen LogP contribution in [0.2, 0.25) is 0 Å². The van der Waals surface area contributed by atoms with E-state index < -0.39 is 0 Å². The van der Waals surface area contributed by atoms with Crippen LogP contribution >= 0.6 is 15.9 Å². The smallest absolute Gasteiger partial charge is 0.282 e. The van der Waals surface area contributed by atoms with Crippen molar-refractivity contribution in [2.45, 2.75) is 45.6 Å². The third-order valence-electron chi connectivity index (χ3n) is 4.30. The van der Waals surface area contributed by atoms with Crippen LogP contribution in [0, 0.1) is 5.92 Å². The van der Waals surface area contributed by atoms with Crippen LogP contribution in [0.15, 0.2) is 15.5 Å². The molecule has 1 aliphatic heterocycles. The minimum atomic E-state index is -0.161. The minimum absolute atomic E-state index is 0.0426. The molecule has 1 saturated heterocycles. The van der Waals surface area contributed by atoms with Crippen LogP contribution in [0.3, 0.4) is 0 Å². The lowest BCUT2D eigenvalue weighted by Gasteiger charge is -2.34. The Morgan fingerprint density at radius 3 is 3.00 bits per heavy atom. The summed E-state index contributed by atoms with van der Waals surface area (Å²) >= 11 is 3.37. The molecule has 1 N–H and O–H groups in total. The molecule has 1 aliphatic rings. The summed E-state index contributed by atoms with van der Waals surface area (Å²) in [5, 5.41) is 7.19. The van der Waals surface area contributed by atoms with Gasteiger partial charge in [-0.25, -0.2) is 4.68 Å². The predicted molar refractivity (Wildman–Crippen MR) is 94.6 cm³/mol. The Balaban J connectivity index is 2.08. The molecule has 7 heteroatoms. The fourth-order valence-corrected chi connectivity index (χ4v) is 3.61. The summed E-state index contributed by atoms with van der Waals surface area (Å²) in [6.45, 7) is 5.62. The maximum absolute atomic E-state index is 12.4. The number of halogens is 1. The molecule has 0 radical (unpaired) electrons. The van der Waals surface area contributed by atoms with Crippen molar-refractivity contribution >= 4 is 27.5 Å².